The molecule has 1 aliphatic rings. The van der Waals surface area contributed by atoms with E-state index in [0.717, 1.165) is 5.56 Å². The molecule has 4 aromatic rings. The summed E-state index contributed by atoms with van der Waals surface area (Å²) in [5.41, 5.74) is 1.73. The van der Waals surface area contributed by atoms with Gasteiger partial charge in [-0.15, -0.1) is 0 Å². The highest BCUT2D eigenvalue weighted by atomic mass is 79.9. The molecule has 1 aliphatic heterocycles. The number of phenolic OH excluding ortho intramolecular Hbond substituents is 1. The van der Waals surface area contributed by atoms with Gasteiger partial charge >= 0.3 is 0 Å². The van der Waals surface area contributed by atoms with E-state index in [1.807, 2.05) is 13.0 Å². The zero-order valence-corrected chi connectivity index (χ0v) is 18.7. The fourth-order valence-electron chi connectivity index (χ4n) is 4.03. The van der Waals surface area contributed by atoms with Crippen molar-refractivity contribution >= 4 is 38.6 Å². The van der Waals surface area contributed by atoms with Gasteiger partial charge in [0.05, 0.1) is 28.6 Å². The van der Waals surface area contributed by atoms with Gasteiger partial charge in [0.25, 0.3) is 5.91 Å². The SMILES string of the molecule is COc1cc([C@@H]2c3c(oc4ccccc4c3=O)C(=O)N2c2cc(C)ccn2)cc(Br)c1O. The largest absolute Gasteiger partial charge is 0.503 e. The summed E-state index contributed by atoms with van der Waals surface area (Å²) in [7, 11) is 1.43. The van der Waals surface area contributed by atoms with Crippen molar-refractivity contribution in [1.29, 1.82) is 0 Å². The number of hydrogen-bond donors (Lipinski definition) is 1. The van der Waals surface area contributed by atoms with E-state index < -0.39 is 11.9 Å². The zero-order chi connectivity index (χ0) is 22.6. The number of nitrogens with zero attached hydrogens (tertiary/aromatic N) is 2. The molecule has 2 aromatic heterocycles. The van der Waals surface area contributed by atoms with E-state index in [9.17, 15) is 14.7 Å². The third-order valence-corrected chi connectivity index (χ3v) is 6.12. The van der Waals surface area contributed by atoms with Crippen LogP contribution >= 0.6 is 15.9 Å². The van der Waals surface area contributed by atoms with Crippen molar-refractivity contribution in [1.82, 2.24) is 4.98 Å². The third kappa shape index (κ3) is 2.98. The molecule has 0 saturated carbocycles. The van der Waals surface area contributed by atoms with Crippen molar-refractivity contribution in [2.24, 2.45) is 0 Å². The molecule has 7 nitrogen and oxygen atoms in total. The zero-order valence-electron chi connectivity index (χ0n) is 17.1. The maximum absolute atomic E-state index is 13.6. The summed E-state index contributed by atoms with van der Waals surface area (Å²) in [6.07, 6.45) is 1.61. The number of rotatable bonds is 3. The fourth-order valence-corrected chi connectivity index (χ4v) is 4.49. The number of aromatic hydroxyl groups is 1. The summed E-state index contributed by atoms with van der Waals surface area (Å²) in [5.74, 6) is 0.0292. The Morgan fingerprint density at radius 2 is 1.94 bits per heavy atom. The summed E-state index contributed by atoms with van der Waals surface area (Å²) < 4.78 is 11.6. The van der Waals surface area contributed by atoms with E-state index in [1.54, 1.807) is 48.7 Å². The lowest BCUT2D eigenvalue weighted by Gasteiger charge is -2.25. The molecule has 1 amide bonds. The predicted octanol–water partition coefficient (Wildman–Crippen LogP) is 4.72. The van der Waals surface area contributed by atoms with Crippen LogP contribution in [0.1, 0.15) is 33.3 Å². The molecule has 0 fully saturated rings. The third-order valence-electron chi connectivity index (χ3n) is 5.51. The fraction of sp³-hybridized carbons (Fsp3) is 0.125. The van der Waals surface area contributed by atoms with Crippen molar-refractivity contribution < 1.29 is 19.1 Å². The van der Waals surface area contributed by atoms with Gasteiger partial charge in [-0.1, -0.05) is 12.1 Å². The Balaban J connectivity index is 1.85. The van der Waals surface area contributed by atoms with E-state index in [4.69, 9.17) is 9.15 Å². The van der Waals surface area contributed by atoms with Gasteiger partial charge in [-0.2, -0.15) is 0 Å². The summed E-state index contributed by atoms with van der Waals surface area (Å²) >= 11 is 3.34. The number of fused-ring (bicyclic) bond motifs is 2. The Labute approximate surface area is 191 Å². The molecule has 160 valence electrons. The second kappa shape index (κ2) is 7.49. The van der Waals surface area contributed by atoms with Gasteiger partial charge in [-0.05, 0) is 70.4 Å². The van der Waals surface area contributed by atoms with Crippen LogP contribution in [0, 0.1) is 6.92 Å². The number of anilines is 1. The number of carbonyl (C=O) groups is 1. The Morgan fingerprint density at radius 1 is 1.16 bits per heavy atom. The molecular formula is C24H17BrN2O5. The van der Waals surface area contributed by atoms with Crippen LogP contribution in [-0.4, -0.2) is 23.1 Å². The highest BCUT2D eigenvalue weighted by Gasteiger charge is 2.44. The average Bonchev–Trinajstić information content (AvgIpc) is 3.08. The lowest BCUT2D eigenvalue weighted by molar-refractivity contribution is 0.0970. The number of phenols is 1. The molecule has 0 aliphatic carbocycles. The maximum Gasteiger partial charge on any atom is 0.296 e. The first kappa shape index (κ1) is 20.3. The van der Waals surface area contributed by atoms with Gasteiger partial charge in [0.1, 0.15) is 11.4 Å². The minimum atomic E-state index is -0.821. The summed E-state index contributed by atoms with van der Waals surface area (Å²) in [5, 5.41) is 10.7. The molecule has 0 unspecified atom stereocenters. The smallest absolute Gasteiger partial charge is 0.296 e. The van der Waals surface area contributed by atoms with Crippen LogP contribution in [0.5, 0.6) is 11.5 Å². The molecule has 3 heterocycles. The van der Waals surface area contributed by atoms with Gasteiger partial charge in [0, 0.05) is 6.20 Å². The molecule has 8 heteroatoms. The topological polar surface area (TPSA) is 92.9 Å². The van der Waals surface area contributed by atoms with E-state index in [-0.39, 0.29) is 28.3 Å². The normalized spacial score (nSPS) is 15.3. The van der Waals surface area contributed by atoms with Crippen LogP contribution in [0.25, 0.3) is 11.0 Å². The van der Waals surface area contributed by atoms with E-state index in [0.29, 0.717) is 26.8 Å². The lowest BCUT2D eigenvalue weighted by Crippen LogP contribution is -2.30. The Morgan fingerprint density at radius 3 is 2.69 bits per heavy atom. The van der Waals surface area contributed by atoms with Gasteiger partial charge in [-0.25, -0.2) is 4.98 Å². The number of hydrogen-bond acceptors (Lipinski definition) is 6. The first-order valence-corrected chi connectivity index (χ1v) is 10.6. The lowest BCUT2D eigenvalue weighted by atomic mass is 9.98. The predicted molar refractivity (Wildman–Crippen MR) is 122 cm³/mol. The molecule has 0 radical (unpaired) electrons. The second-order valence-electron chi connectivity index (χ2n) is 7.49. The maximum atomic E-state index is 13.6. The number of amides is 1. The Hall–Kier alpha value is -3.65. The van der Waals surface area contributed by atoms with Crippen molar-refractivity contribution in [3.8, 4) is 11.5 Å². The van der Waals surface area contributed by atoms with Crippen LogP contribution in [0.3, 0.4) is 0 Å². The number of ether oxygens (including phenoxy) is 1. The average molecular weight is 493 g/mol. The number of methoxy groups -OCH3 is 1. The Bertz CT molecular complexity index is 1460. The van der Waals surface area contributed by atoms with Gasteiger partial charge in [0.2, 0.25) is 5.76 Å². The van der Waals surface area contributed by atoms with E-state index in [1.165, 1.54) is 12.0 Å². The van der Waals surface area contributed by atoms with Crippen molar-refractivity contribution in [3.05, 3.63) is 91.9 Å². The number of benzene rings is 2. The number of carbonyl (C=O) groups excluding carboxylic acids is 1. The molecule has 0 spiro atoms. The second-order valence-corrected chi connectivity index (χ2v) is 8.35. The summed E-state index contributed by atoms with van der Waals surface area (Å²) in [4.78, 5) is 32.9. The van der Waals surface area contributed by atoms with Crippen LogP contribution < -0.4 is 15.1 Å². The summed E-state index contributed by atoms with van der Waals surface area (Å²) in [6, 6.07) is 12.9. The van der Waals surface area contributed by atoms with Gasteiger partial charge in [-0.3, -0.25) is 14.5 Å². The van der Waals surface area contributed by atoms with Crippen LogP contribution in [0.2, 0.25) is 0 Å². The van der Waals surface area contributed by atoms with Gasteiger partial charge < -0.3 is 14.3 Å². The monoisotopic (exact) mass is 492 g/mol. The van der Waals surface area contributed by atoms with Gasteiger partial charge in [0.15, 0.2) is 16.9 Å². The quantitative estimate of drug-likeness (QED) is 0.444. The molecule has 1 N–H and O–H groups in total. The van der Waals surface area contributed by atoms with Crippen LogP contribution in [0.4, 0.5) is 5.82 Å². The van der Waals surface area contributed by atoms with E-state index in [2.05, 4.69) is 20.9 Å². The highest BCUT2D eigenvalue weighted by Crippen LogP contribution is 2.44. The van der Waals surface area contributed by atoms with Crippen LogP contribution in [-0.2, 0) is 0 Å². The molecule has 5 rings (SSSR count). The molecular weight excluding hydrogens is 476 g/mol. The van der Waals surface area contributed by atoms with E-state index >= 15 is 0 Å². The first-order chi connectivity index (χ1) is 15.4. The standard InChI is InChI=1S/C24H17BrN2O5/c1-12-7-8-26-18(9-12)27-20(13-10-15(25)22(29)17(11-13)31-2)19-21(28)14-5-3-4-6-16(14)32-23(19)24(27)30/h3-11,20,29H,1-2H3/t20-/m1/s1. The number of aromatic nitrogens is 1. The van der Waals surface area contributed by atoms with Crippen molar-refractivity contribution in [2.75, 3.05) is 12.0 Å². The molecule has 32 heavy (non-hydrogen) atoms. The Kier molecular flexibility index (Phi) is 4.74. The molecule has 2 aromatic carbocycles. The minimum absolute atomic E-state index is 0.0230. The molecule has 0 saturated heterocycles. The number of halogens is 1. The molecule has 1 atom stereocenters. The van der Waals surface area contributed by atoms with Crippen molar-refractivity contribution in [2.45, 2.75) is 13.0 Å². The number of para-hydroxylation sites is 1. The minimum Gasteiger partial charge on any atom is -0.503 e. The highest BCUT2D eigenvalue weighted by molar-refractivity contribution is 9.10. The van der Waals surface area contributed by atoms with Crippen molar-refractivity contribution in [3.63, 3.8) is 0 Å². The number of pyridine rings is 1. The molecule has 0 bridgehead atoms. The van der Waals surface area contributed by atoms with Crippen LogP contribution in [0.15, 0.2) is 68.4 Å². The summed E-state index contributed by atoms with van der Waals surface area (Å²) in [6.45, 7) is 1.89. The number of aryl methyl sites for hydroxylation is 1. The first-order valence-electron chi connectivity index (χ1n) is 9.79.